The van der Waals surface area contributed by atoms with Gasteiger partial charge in [0.1, 0.15) is 24.5 Å². The molecule has 3 aromatic rings. The van der Waals surface area contributed by atoms with Crippen molar-refractivity contribution < 1.29 is 13.9 Å². The summed E-state index contributed by atoms with van der Waals surface area (Å²) in [5.74, 6) is 0.360. The summed E-state index contributed by atoms with van der Waals surface area (Å²) >= 11 is 0. The molecule has 0 aliphatic heterocycles. The highest BCUT2D eigenvalue weighted by Crippen LogP contribution is 2.29. The highest BCUT2D eigenvalue weighted by Gasteiger charge is 2.09. The third kappa shape index (κ3) is 3.94. The van der Waals surface area contributed by atoms with Crippen LogP contribution < -0.4 is 4.74 Å². The number of halogens is 1. The van der Waals surface area contributed by atoms with Crippen LogP contribution in [0.2, 0.25) is 0 Å². The Balaban J connectivity index is 1.85. The van der Waals surface area contributed by atoms with Crippen molar-refractivity contribution in [3.8, 4) is 16.9 Å². The number of aryl methyl sites for hydroxylation is 2. The Morgan fingerprint density at radius 1 is 0.960 bits per heavy atom. The van der Waals surface area contributed by atoms with Gasteiger partial charge < -0.3 is 4.74 Å². The maximum absolute atomic E-state index is 14.1. The standard InChI is InChI=1S/C22H19FO2/c1-15-4-3-5-16(2)22(15)19-10-18(11-20(23)12-19)14-25-21-8-6-17(13-24)7-9-21/h3-13H,14H2,1-2H3. The van der Waals surface area contributed by atoms with Gasteiger partial charge in [-0.1, -0.05) is 18.2 Å². The predicted octanol–water partition coefficient (Wildman–Crippen LogP) is 5.50. The van der Waals surface area contributed by atoms with Gasteiger partial charge in [-0.25, -0.2) is 4.39 Å². The maximum Gasteiger partial charge on any atom is 0.150 e. The fourth-order valence-corrected chi connectivity index (χ4v) is 2.96. The number of aldehydes is 1. The molecule has 0 aromatic heterocycles. The van der Waals surface area contributed by atoms with Crippen molar-refractivity contribution >= 4 is 6.29 Å². The smallest absolute Gasteiger partial charge is 0.150 e. The van der Waals surface area contributed by atoms with Crippen molar-refractivity contribution in [3.63, 3.8) is 0 Å². The molecular formula is C22H19FO2. The molecule has 2 nitrogen and oxygen atoms in total. The molecule has 0 bridgehead atoms. The van der Waals surface area contributed by atoms with E-state index in [1.807, 2.05) is 38.1 Å². The zero-order chi connectivity index (χ0) is 17.8. The second kappa shape index (κ2) is 7.31. The van der Waals surface area contributed by atoms with Gasteiger partial charge in [-0.15, -0.1) is 0 Å². The van der Waals surface area contributed by atoms with E-state index >= 15 is 0 Å². The zero-order valence-corrected chi connectivity index (χ0v) is 14.3. The summed E-state index contributed by atoms with van der Waals surface area (Å²) in [6.45, 7) is 4.31. The summed E-state index contributed by atoms with van der Waals surface area (Å²) in [6, 6.07) is 17.9. The first kappa shape index (κ1) is 16.9. The average Bonchev–Trinajstić information content (AvgIpc) is 2.60. The van der Waals surface area contributed by atoms with E-state index in [0.717, 1.165) is 34.1 Å². The molecule has 3 heteroatoms. The summed E-state index contributed by atoms with van der Waals surface area (Å²) in [4.78, 5) is 10.7. The van der Waals surface area contributed by atoms with Crippen LogP contribution in [-0.2, 0) is 6.61 Å². The third-order valence-electron chi connectivity index (χ3n) is 4.15. The maximum atomic E-state index is 14.1. The van der Waals surface area contributed by atoms with E-state index in [0.29, 0.717) is 11.3 Å². The third-order valence-corrected chi connectivity index (χ3v) is 4.15. The lowest BCUT2D eigenvalue weighted by Crippen LogP contribution is -1.98. The van der Waals surface area contributed by atoms with Gasteiger partial charge in [0.15, 0.2) is 0 Å². The van der Waals surface area contributed by atoms with E-state index in [1.54, 1.807) is 30.3 Å². The molecule has 0 radical (unpaired) electrons. The second-order valence-corrected chi connectivity index (χ2v) is 6.09. The quantitative estimate of drug-likeness (QED) is 0.576. The molecule has 0 aliphatic carbocycles. The van der Waals surface area contributed by atoms with Crippen molar-refractivity contribution in [2.75, 3.05) is 0 Å². The van der Waals surface area contributed by atoms with Gasteiger partial charge in [-0.2, -0.15) is 0 Å². The first-order valence-electron chi connectivity index (χ1n) is 8.11. The molecule has 0 heterocycles. The van der Waals surface area contributed by atoms with Crippen LogP contribution in [0.15, 0.2) is 60.7 Å². The molecule has 0 spiro atoms. The Morgan fingerprint density at radius 2 is 1.64 bits per heavy atom. The largest absolute Gasteiger partial charge is 0.489 e. The van der Waals surface area contributed by atoms with Gasteiger partial charge in [0.25, 0.3) is 0 Å². The molecule has 0 saturated carbocycles. The van der Waals surface area contributed by atoms with Crippen LogP contribution in [0, 0.1) is 19.7 Å². The van der Waals surface area contributed by atoms with Gasteiger partial charge in [-0.05, 0) is 84.1 Å². The fourth-order valence-electron chi connectivity index (χ4n) is 2.96. The monoisotopic (exact) mass is 334 g/mol. The van der Waals surface area contributed by atoms with Gasteiger partial charge in [0.05, 0.1) is 0 Å². The number of hydrogen-bond acceptors (Lipinski definition) is 2. The van der Waals surface area contributed by atoms with E-state index in [9.17, 15) is 9.18 Å². The molecule has 25 heavy (non-hydrogen) atoms. The fraction of sp³-hybridized carbons (Fsp3) is 0.136. The summed E-state index contributed by atoms with van der Waals surface area (Å²) in [5.41, 5.74) is 5.49. The molecule has 3 rings (SSSR count). The van der Waals surface area contributed by atoms with Gasteiger partial charge in [0, 0.05) is 5.56 Å². The molecule has 0 aliphatic rings. The molecule has 0 fully saturated rings. The minimum absolute atomic E-state index is 0.260. The molecule has 0 amide bonds. The molecule has 0 unspecified atom stereocenters. The predicted molar refractivity (Wildman–Crippen MR) is 97.5 cm³/mol. The average molecular weight is 334 g/mol. The van der Waals surface area contributed by atoms with Crippen LogP contribution in [0.25, 0.3) is 11.1 Å². The number of benzene rings is 3. The minimum atomic E-state index is -0.282. The Labute approximate surface area is 146 Å². The second-order valence-electron chi connectivity index (χ2n) is 6.09. The molecule has 0 N–H and O–H groups in total. The van der Waals surface area contributed by atoms with Gasteiger partial charge in [-0.3, -0.25) is 4.79 Å². The topological polar surface area (TPSA) is 26.3 Å². The summed E-state index contributed by atoms with van der Waals surface area (Å²) in [5, 5.41) is 0. The van der Waals surface area contributed by atoms with Crippen molar-refractivity contribution in [1.82, 2.24) is 0 Å². The van der Waals surface area contributed by atoms with E-state index < -0.39 is 0 Å². The van der Waals surface area contributed by atoms with Crippen LogP contribution in [0.3, 0.4) is 0 Å². The molecule has 126 valence electrons. The Hall–Kier alpha value is -2.94. The number of rotatable bonds is 5. The van der Waals surface area contributed by atoms with Crippen molar-refractivity contribution in [1.29, 1.82) is 0 Å². The van der Waals surface area contributed by atoms with Gasteiger partial charge in [0.2, 0.25) is 0 Å². The summed E-state index contributed by atoms with van der Waals surface area (Å²) in [6.07, 6.45) is 0.785. The zero-order valence-electron chi connectivity index (χ0n) is 14.3. The van der Waals surface area contributed by atoms with Crippen LogP contribution >= 0.6 is 0 Å². The molecular weight excluding hydrogens is 315 g/mol. The first-order valence-corrected chi connectivity index (χ1v) is 8.11. The summed E-state index contributed by atoms with van der Waals surface area (Å²) in [7, 11) is 0. The van der Waals surface area contributed by atoms with E-state index in [-0.39, 0.29) is 12.4 Å². The lowest BCUT2D eigenvalue weighted by molar-refractivity contribution is 0.112. The van der Waals surface area contributed by atoms with Crippen LogP contribution in [0.5, 0.6) is 5.75 Å². The van der Waals surface area contributed by atoms with E-state index in [4.69, 9.17) is 4.74 Å². The van der Waals surface area contributed by atoms with E-state index in [2.05, 4.69) is 0 Å². The highest BCUT2D eigenvalue weighted by molar-refractivity contribution is 5.74. The number of carbonyl (C=O) groups excluding carboxylic acids is 1. The highest BCUT2D eigenvalue weighted by atomic mass is 19.1. The van der Waals surface area contributed by atoms with Crippen LogP contribution in [-0.4, -0.2) is 6.29 Å². The van der Waals surface area contributed by atoms with Gasteiger partial charge >= 0.3 is 0 Å². The van der Waals surface area contributed by atoms with Crippen molar-refractivity contribution in [2.45, 2.75) is 20.5 Å². The van der Waals surface area contributed by atoms with Crippen molar-refractivity contribution in [3.05, 3.63) is 88.7 Å². The Morgan fingerprint density at radius 3 is 2.28 bits per heavy atom. The Bertz CT molecular complexity index is 878. The number of hydrogen-bond donors (Lipinski definition) is 0. The summed E-state index contributed by atoms with van der Waals surface area (Å²) < 4.78 is 19.8. The molecule has 3 aromatic carbocycles. The molecule has 0 saturated heterocycles. The Kier molecular flexibility index (Phi) is 4.94. The van der Waals surface area contributed by atoms with Crippen LogP contribution in [0.1, 0.15) is 27.0 Å². The van der Waals surface area contributed by atoms with Crippen LogP contribution in [0.4, 0.5) is 4.39 Å². The SMILES string of the molecule is Cc1cccc(C)c1-c1cc(F)cc(COc2ccc(C=O)cc2)c1. The van der Waals surface area contributed by atoms with Crippen molar-refractivity contribution in [2.24, 2.45) is 0 Å². The normalized spacial score (nSPS) is 10.5. The number of carbonyl (C=O) groups is 1. The number of ether oxygens (including phenoxy) is 1. The lowest BCUT2D eigenvalue weighted by Gasteiger charge is -2.13. The first-order chi connectivity index (χ1) is 12.1. The molecule has 0 atom stereocenters. The minimum Gasteiger partial charge on any atom is -0.489 e. The lowest BCUT2D eigenvalue weighted by atomic mass is 9.94. The van der Waals surface area contributed by atoms with E-state index in [1.165, 1.54) is 6.07 Å².